The number of hydrogen-bond donors (Lipinski definition) is 2. The van der Waals surface area contributed by atoms with E-state index in [9.17, 15) is 18.0 Å². The van der Waals surface area contributed by atoms with Crippen LogP contribution < -0.4 is 11.1 Å². The van der Waals surface area contributed by atoms with Crippen LogP contribution in [0.4, 0.5) is 13.2 Å². The first-order valence-corrected chi connectivity index (χ1v) is 12.7. The summed E-state index contributed by atoms with van der Waals surface area (Å²) < 4.78 is 47.2. The van der Waals surface area contributed by atoms with Gasteiger partial charge in [0.25, 0.3) is 5.78 Å². The Labute approximate surface area is 201 Å². The zero-order valence-electron chi connectivity index (χ0n) is 19.5. The molecule has 0 bridgehead atoms. The molecular formula is C24H31F3N6O2. The topological polar surface area (TPSA) is 107 Å². The minimum absolute atomic E-state index is 0.0667. The number of nitrogens with one attached hydrogen (secondary N) is 1. The molecule has 2 aliphatic carbocycles. The Morgan fingerprint density at radius 1 is 1.14 bits per heavy atom. The molecule has 190 valence electrons. The maximum absolute atomic E-state index is 13.4. The molecule has 2 aromatic heterocycles. The quantitative estimate of drug-likeness (QED) is 0.665. The summed E-state index contributed by atoms with van der Waals surface area (Å²) in [5, 5.41) is 7.19. The smallest absolute Gasteiger partial charge is 0.381 e. The number of imidazole rings is 1. The fourth-order valence-corrected chi connectivity index (χ4v) is 6.34. The van der Waals surface area contributed by atoms with Gasteiger partial charge in [-0.1, -0.05) is 0 Å². The van der Waals surface area contributed by atoms with Crippen molar-refractivity contribution in [3.8, 4) is 0 Å². The van der Waals surface area contributed by atoms with E-state index in [0.717, 1.165) is 48.9 Å². The Morgan fingerprint density at radius 3 is 2.60 bits per heavy atom. The number of fused-ring (bicyclic) bond motifs is 2. The van der Waals surface area contributed by atoms with Gasteiger partial charge in [0.15, 0.2) is 0 Å². The predicted octanol–water partition coefficient (Wildman–Crippen LogP) is 2.92. The van der Waals surface area contributed by atoms with Gasteiger partial charge in [-0.3, -0.25) is 4.79 Å². The first-order chi connectivity index (χ1) is 16.8. The molecule has 0 radical (unpaired) electrons. The van der Waals surface area contributed by atoms with Gasteiger partial charge in [-0.05, 0) is 56.3 Å². The maximum atomic E-state index is 13.4. The fraction of sp³-hybridized carbons (Fsp3) is 0.750. The number of rotatable bonds is 5. The van der Waals surface area contributed by atoms with Gasteiger partial charge in [0.2, 0.25) is 5.91 Å². The van der Waals surface area contributed by atoms with Crippen LogP contribution in [0.5, 0.6) is 0 Å². The molecule has 4 fully saturated rings. The van der Waals surface area contributed by atoms with Crippen LogP contribution >= 0.6 is 0 Å². The number of aromatic nitrogens is 4. The van der Waals surface area contributed by atoms with Crippen LogP contribution in [0.25, 0.3) is 5.78 Å². The average Bonchev–Trinajstić information content (AvgIpc) is 3.24. The van der Waals surface area contributed by atoms with Crippen LogP contribution in [0.3, 0.4) is 0 Å². The second kappa shape index (κ2) is 8.69. The summed E-state index contributed by atoms with van der Waals surface area (Å²) in [5.41, 5.74) is 8.61. The van der Waals surface area contributed by atoms with E-state index in [1.54, 1.807) is 10.7 Å². The first-order valence-electron chi connectivity index (χ1n) is 12.7. The van der Waals surface area contributed by atoms with Crippen LogP contribution in [0.15, 0.2) is 6.20 Å². The molecule has 6 atom stereocenters. The van der Waals surface area contributed by atoms with E-state index in [0.29, 0.717) is 30.6 Å². The molecule has 6 rings (SSSR count). The van der Waals surface area contributed by atoms with E-state index in [1.807, 2.05) is 0 Å². The van der Waals surface area contributed by atoms with Crippen LogP contribution in [0.1, 0.15) is 67.6 Å². The van der Waals surface area contributed by atoms with Gasteiger partial charge >= 0.3 is 6.18 Å². The third-order valence-corrected chi connectivity index (χ3v) is 8.54. The van der Waals surface area contributed by atoms with Crippen molar-refractivity contribution >= 4 is 11.7 Å². The lowest BCUT2D eigenvalue weighted by molar-refractivity contribution is -0.183. The average molecular weight is 493 g/mol. The molecule has 8 nitrogen and oxygen atoms in total. The van der Waals surface area contributed by atoms with Gasteiger partial charge in [-0.2, -0.15) is 18.3 Å². The highest BCUT2D eigenvalue weighted by molar-refractivity contribution is 5.79. The number of carbonyl (C=O) groups excluding carboxylic acids is 1. The predicted molar refractivity (Wildman–Crippen MR) is 119 cm³/mol. The molecular weight excluding hydrogens is 461 g/mol. The summed E-state index contributed by atoms with van der Waals surface area (Å²) >= 11 is 0. The van der Waals surface area contributed by atoms with Gasteiger partial charge in [-0.15, -0.1) is 0 Å². The number of hydrogen-bond acceptors (Lipinski definition) is 6. The van der Waals surface area contributed by atoms with Crippen LogP contribution in [0.2, 0.25) is 0 Å². The Hall–Kier alpha value is -2.27. The summed E-state index contributed by atoms with van der Waals surface area (Å²) in [6, 6.07) is -0.182. The minimum Gasteiger partial charge on any atom is -0.381 e. The largest absolute Gasteiger partial charge is 0.393 e. The van der Waals surface area contributed by atoms with E-state index in [4.69, 9.17) is 25.5 Å². The standard InChI is InChI=1S/C24H31F3N6O2/c25-24(26,27)17-8-16(22(34)29-10-17)9-18-21(12-1-3-35-4-2-12)31-23-30-19(11-33(23)32-18)20(28)15-6-13-5-14(13)7-15/h11-17,20H,1-10,28H2,(H,29,34)/t13-,14+,15?,16-,17-,20+/m1/s1. The van der Waals surface area contributed by atoms with E-state index in [-0.39, 0.29) is 37.3 Å². The van der Waals surface area contributed by atoms with Crippen molar-refractivity contribution in [2.45, 2.75) is 63.1 Å². The second-order valence-corrected chi connectivity index (χ2v) is 10.9. The van der Waals surface area contributed by atoms with Gasteiger partial charge in [0.1, 0.15) is 0 Å². The van der Waals surface area contributed by atoms with Gasteiger partial charge in [0, 0.05) is 38.0 Å². The highest BCUT2D eigenvalue weighted by atomic mass is 19.4. The number of nitrogens with two attached hydrogens (primary N) is 1. The highest BCUT2D eigenvalue weighted by Crippen LogP contribution is 2.56. The summed E-state index contributed by atoms with van der Waals surface area (Å²) in [5.74, 6) is -0.175. The van der Waals surface area contributed by atoms with Crippen molar-refractivity contribution in [1.82, 2.24) is 24.9 Å². The third-order valence-electron chi connectivity index (χ3n) is 8.54. The van der Waals surface area contributed by atoms with Crippen molar-refractivity contribution in [1.29, 1.82) is 0 Å². The Kier molecular flexibility index (Phi) is 5.75. The summed E-state index contributed by atoms with van der Waals surface area (Å²) in [7, 11) is 0. The van der Waals surface area contributed by atoms with Crippen LogP contribution in [0, 0.1) is 29.6 Å². The fourth-order valence-electron chi connectivity index (χ4n) is 6.34. The van der Waals surface area contributed by atoms with Crippen LogP contribution in [-0.2, 0) is 16.0 Å². The van der Waals surface area contributed by atoms with Gasteiger partial charge < -0.3 is 15.8 Å². The molecule has 2 aromatic rings. The van der Waals surface area contributed by atoms with Crippen molar-refractivity contribution in [3.05, 3.63) is 23.3 Å². The molecule has 1 amide bonds. The lowest BCUT2D eigenvalue weighted by atomic mass is 9.84. The first kappa shape index (κ1) is 23.1. The van der Waals surface area contributed by atoms with E-state index >= 15 is 0 Å². The lowest BCUT2D eigenvalue weighted by Gasteiger charge is -2.31. The molecule has 1 unspecified atom stereocenters. The molecule has 0 spiro atoms. The zero-order valence-corrected chi connectivity index (χ0v) is 19.5. The molecule has 2 saturated carbocycles. The molecule has 4 heterocycles. The Morgan fingerprint density at radius 2 is 1.89 bits per heavy atom. The maximum Gasteiger partial charge on any atom is 0.393 e. The SMILES string of the molecule is N[C@H](c1cn2nc(C[C@H]3C[C@@H](C(F)(F)F)CNC3=O)c(C3CCOCC3)nc2n1)C1C[C@@H]2C[C@@H]2C1. The second-order valence-electron chi connectivity index (χ2n) is 10.9. The summed E-state index contributed by atoms with van der Waals surface area (Å²) in [4.78, 5) is 22.1. The van der Waals surface area contributed by atoms with E-state index < -0.39 is 18.0 Å². The normalized spacial score (nSPS) is 32.5. The zero-order chi connectivity index (χ0) is 24.3. The molecule has 4 aliphatic rings. The number of piperidine rings is 1. The number of nitrogens with zero attached hydrogens (tertiary/aromatic N) is 4. The Bertz CT molecular complexity index is 1100. The Balaban J connectivity index is 1.31. The lowest BCUT2D eigenvalue weighted by Crippen LogP contribution is -2.47. The molecule has 2 saturated heterocycles. The molecule has 3 N–H and O–H groups in total. The number of amides is 1. The highest BCUT2D eigenvalue weighted by Gasteiger charge is 2.48. The van der Waals surface area contributed by atoms with Crippen molar-refractivity contribution in [2.24, 2.45) is 35.3 Å². The molecule has 11 heteroatoms. The van der Waals surface area contributed by atoms with E-state index in [2.05, 4.69) is 5.32 Å². The van der Waals surface area contributed by atoms with Crippen molar-refractivity contribution in [2.75, 3.05) is 19.8 Å². The number of alkyl halides is 3. The number of ether oxygens (including phenoxy) is 1. The van der Waals surface area contributed by atoms with Gasteiger partial charge in [0.05, 0.1) is 35.2 Å². The summed E-state index contributed by atoms with van der Waals surface area (Å²) in [6.07, 6.45) is 2.41. The van der Waals surface area contributed by atoms with Crippen LogP contribution in [-0.4, -0.2) is 51.4 Å². The molecule has 0 aromatic carbocycles. The van der Waals surface area contributed by atoms with Crippen molar-refractivity contribution < 1.29 is 22.7 Å². The molecule has 35 heavy (non-hydrogen) atoms. The monoisotopic (exact) mass is 492 g/mol. The van der Waals surface area contributed by atoms with E-state index in [1.165, 1.54) is 6.42 Å². The number of carbonyl (C=O) groups is 1. The third kappa shape index (κ3) is 4.52. The number of halogens is 3. The summed E-state index contributed by atoms with van der Waals surface area (Å²) in [6.45, 7) is 0.805. The van der Waals surface area contributed by atoms with Crippen molar-refractivity contribution in [3.63, 3.8) is 0 Å². The van der Waals surface area contributed by atoms with Gasteiger partial charge in [-0.25, -0.2) is 14.5 Å². The minimum atomic E-state index is -4.35. The molecule has 2 aliphatic heterocycles.